The monoisotopic (exact) mass is 371 g/mol. The standard InChI is InChI=1S/C19H21N3O3S/c23-6-5-22-11-20-15-10-12(3-4-16(15)22)19(25)21-18(13-8-14(24)9-13)17-2-1-7-26-17/h1-4,7,10-11,13-14,18,23-24H,5-6,8-9H2,(H,21,25)/t13?,14?,18-/m1/s1. The Labute approximate surface area is 155 Å². The van der Waals surface area contributed by atoms with Crippen molar-refractivity contribution in [2.45, 2.75) is 31.5 Å². The van der Waals surface area contributed by atoms with E-state index in [1.54, 1.807) is 29.8 Å². The number of fused-ring (bicyclic) bond motifs is 1. The number of nitrogens with one attached hydrogen (secondary N) is 1. The van der Waals surface area contributed by atoms with E-state index in [1.807, 2.05) is 28.1 Å². The molecule has 0 saturated heterocycles. The molecule has 26 heavy (non-hydrogen) atoms. The van der Waals surface area contributed by atoms with Crippen LogP contribution in [0.1, 0.15) is 34.1 Å². The normalized spacial score (nSPS) is 20.7. The molecule has 6 nitrogen and oxygen atoms in total. The number of amides is 1. The molecule has 1 saturated carbocycles. The maximum Gasteiger partial charge on any atom is 0.251 e. The molecule has 0 radical (unpaired) electrons. The summed E-state index contributed by atoms with van der Waals surface area (Å²) in [5.41, 5.74) is 2.19. The molecule has 0 aliphatic heterocycles. The molecule has 2 heterocycles. The third kappa shape index (κ3) is 3.25. The van der Waals surface area contributed by atoms with Gasteiger partial charge in [0, 0.05) is 17.0 Å². The van der Waals surface area contributed by atoms with Gasteiger partial charge in [0.25, 0.3) is 5.91 Å². The molecule has 136 valence electrons. The second kappa shape index (κ2) is 7.19. The average molecular weight is 371 g/mol. The van der Waals surface area contributed by atoms with Crippen molar-refractivity contribution in [1.29, 1.82) is 0 Å². The molecule has 3 N–H and O–H groups in total. The van der Waals surface area contributed by atoms with Gasteiger partial charge in [0.15, 0.2) is 0 Å². The molecule has 0 spiro atoms. The predicted molar refractivity (Wildman–Crippen MR) is 100 cm³/mol. The fourth-order valence-electron chi connectivity index (χ4n) is 3.51. The summed E-state index contributed by atoms with van der Waals surface area (Å²) in [4.78, 5) is 18.2. The number of imidazole rings is 1. The summed E-state index contributed by atoms with van der Waals surface area (Å²) in [6.45, 7) is 0.524. The van der Waals surface area contributed by atoms with E-state index in [1.165, 1.54) is 0 Å². The van der Waals surface area contributed by atoms with Gasteiger partial charge in [0.1, 0.15) is 0 Å². The molecule has 1 fully saturated rings. The molecule has 1 amide bonds. The highest BCUT2D eigenvalue weighted by Gasteiger charge is 2.36. The van der Waals surface area contributed by atoms with Crippen LogP contribution in [0, 0.1) is 5.92 Å². The van der Waals surface area contributed by atoms with Crippen LogP contribution in [0.25, 0.3) is 11.0 Å². The number of aliphatic hydroxyl groups excluding tert-OH is 2. The van der Waals surface area contributed by atoms with Crippen molar-refractivity contribution in [3.05, 3.63) is 52.5 Å². The summed E-state index contributed by atoms with van der Waals surface area (Å²) in [6, 6.07) is 9.36. The third-order valence-electron chi connectivity index (χ3n) is 4.98. The molecule has 1 aromatic carbocycles. The lowest BCUT2D eigenvalue weighted by molar-refractivity contribution is 0.0241. The third-order valence-corrected chi connectivity index (χ3v) is 5.94. The van der Waals surface area contributed by atoms with Gasteiger partial charge < -0.3 is 20.1 Å². The van der Waals surface area contributed by atoms with E-state index in [-0.39, 0.29) is 30.6 Å². The van der Waals surface area contributed by atoms with Gasteiger partial charge in [-0.25, -0.2) is 4.98 Å². The smallest absolute Gasteiger partial charge is 0.251 e. The molecular weight excluding hydrogens is 350 g/mol. The fraction of sp³-hybridized carbons (Fsp3) is 0.368. The van der Waals surface area contributed by atoms with Crippen LogP contribution in [0.4, 0.5) is 0 Å². The highest BCUT2D eigenvalue weighted by molar-refractivity contribution is 7.10. The molecule has 3 aromatic rings. The van der Waals surface area contributed by atoms with Gasteiger partial charge in [-0.05, 0) is 48.4 Å². The molecule has 1 aliphatic rings. The number of carbonyl (C=O) groups excluding carboxylic acids is 1. The molecule has 1 atom stereocenters. The summed E-state index contributed by atoms with van der Waals surface area (Å²) < 4.78 is 1.86. The van der Waals surface area contributed by atoms with Crippen LogP contribution in [0.15, 0.2) is 42.0 Å². The van der Waals surface area contributed by atoms with E-state index in [0.717, 1.165) is 15.9 Å². The first-order valence-corrected chi connectivity index (χ1v) is 9.61. The Morgan fingerprint density at radius 1 is 1.38 bits per heavy atom. The first kappa shape index (κ1) is 17.2. The largest absolute Gasteiger partial charge is 0.395 e. The Morgan fingerprint density at radius 2 is 2.23 bits per heavy atom. The zero-order chi connectivity index (χ0) is 18.1. The van der Waals surface area contributed by atoms with Crippen molar-refractivity contribution in [2.24, 2.45) is 5.92 Å². The number of rotatable bonds is 6. The minimum absolute atomic E-state index is 0.0451. The van der Waals surface area contributed by atoms with E-state index in [4.69, 9.17) is 5.11 Å². The molecule has 2 aromatic heterocycles. The van der Waals surface area contributed by atoms with E-state index in [0.29, 0.717) is 24.9 Å². The zero-order valence-corrected chi connectivity index (χ0v) is 15.0. The average Bonchev–Trinajstić information content (AvgIpc) is 3.27. The summed E-state index contributed by atoms with van der Waals surface area (Å²) in [5.74, 6) is 0.128. The van der Waals surface area contributed by atoms with E-state index in [2.05, 4.69) is 10.3 Å². The number of hydrogen-bond acceptors (Lipinski definition) is 5. The summed E-state index contributed by atoms with van der Waals surface area (Å²) >= 11 is 1.62. The molecule has 1 aliphatic carbocycles. The van der Waals surface area contributed by atoms with Crippen LogP contribution in [-0.2, 0) is 6.54 Å². The maximum atomic E-state index is 12.8. The lowest BCUT2D eigenvalue weighted by Crippen LogP contribution is -2.41. The Kier molecular flexibility index (Phi) is 4.76. The second-order valence-corrected chi connectivity index (χ2v) is 7.70. The Bertz CT molecular complexity index is 900. The molecule has 4 rings (SSSR count). The van der Waals surface area contributed by atoms with Gasteiger partial charge in [-0.2, -0.15) is 0 Å². The highest BCUT2D eigenvalue weighted by Crippen LogP contribution is 2.39. The van der Waals surface area contributed by atoms with E-state index < -0.39 is 0 Å². The first-order valence-electron chi connectivity index (χ1n) is 8.74. The number of nitrogens with zero attached hydrogens (tertiary/aromatic N) is 2. The second-order valence-electron chi connectivity index (χ2n) is 6.72. The minimum atomic E-state index is -0.258. The van der Waals surface area contributed by atoms with Crippen molar-refractivity contribution in [2.75, 3.05) is 6.61 Å². The number of thiophene rings is 1. The summed E-state index contributed by atoms with van der Waals surface area (Å²) in [5, 5.41) is 23.9. The highest BCUT2D eigenvalue weighted by atomic mass is 32.1. The lowest BCUT2D eigenvalue weighted by atomic mass is 9.76. The molecule has 0 bridgehead atoms. The van der Waals surface area contributed by atoms with Gasteiger partial charge >= 0.3 is 0 Å². The topological polar surface area (TPSA) is 87.4 Å². The Morgan fingerprint density at radius 3 is 2.92 bits per heavy atom. The first-order chi connectivity index (χ1) is 12.7. The van der Waals surface area contributed by atoms with Crippen molar-refractivity contribution < 1.29 is 15.0 Å². The van der Waals surface area contributed by atoms with Gasteiger partial charge in [-0.3, -0.25) is 4.79 Å². The number of aromatic nitrogens is 2. The van der Waals surface area contributed by atoms with E-state index >= 15 is 0 Å². The van der Waals surface area contributed by atoms with Gasteiger partial charge in [0.05, 0.1) is 36.1 Å². The number of benzene rings is 1. The molecule has 0 unspecified atom stereocenters. The maximum absolute atomic E-state index is 12.8. The SMILES string of the molecule is O=C(N[C@@H](c1cccs1)C1CC(O)C1)c1ccc2c(c1)ncn2CCO. The van der Waals surface area contributed by atoms with Crippen molar-refractivity contribution in [3.8, 4) is 0 Å². The quantitative estimate of drug-likeness (QED) is 0.621. The minimum Gasteiger partial charge on any atom is -0.395 e. The van der Waals surface area contributed by atoms with Gasteiger partial charge in [-0.15, -0.1) is 11.3 Å². The predicted octanol–water partition coefficient (Wildman–Crippen LogP) is 2.33. The molecular formula is C19H21N3O3S. The fourth-order valence-corrected chi connectivity index (χ4v) is 4.38. The van der Waals surface area contributed by atoms with Gasteiger partial charge in [0.2, 0.25) is 0 Å². The van der Waals surface area contributed by atoms with E-state index in [9.17, 15) is 9.90 Å². The van der Waals surface area contributed by atoms with Crippen molar-refractivity contribution in [1.82, 2.24) is 14.9 Å². The number of aliphatic hydroxyl groups is 2. The Hall–Kier alpha value is -2.22. The van der Waals surface area contributed by atoms with Crippen LogP contribution in [-0.4, -0.2) is 38.4 Å². The van der Waals surface area contributed by atoms with Crippen LogP contribution in [0.5, 0.6) is 0 Å². The summed E-state index contributed by atoms with van der Waals surface area (Å²) in [6.07, 6.45) is 2.85. The zero-order valence-electron chi connectivity index (χ0n) is 14.2. The van der Waals surface area contributed by atoms with Crippen molar-refractivity contribution in [3.63, 3.8) is 0 Å². The summed E-state index contributed by atoms with van der Waals surface area (Å²) in [7, 11) is 0. The van der Waals surface area contributed by atoms with Crippen LogP contribution >= 0.6 is 11.3 Å². The van der Waals surface area contributed by atoms with Crippen molar-refractivity contribution >= 4 is 28.3 Å². The van der Waals surface area contributed by atoms with Gasteiger partial charge in [-0.1, -0.05) is 6.07 Å². The van der Waals surface area contributed by atoms with Crippen LogP contribution < -0.4 is 5.32 Å². The molecule has 7 heteroatoms. The number of carbonyl (C=O) groups is 1. The Balaban J connectivity index is 1.55. The van der Waals surface area contributed by atoms with Crippen LogP contribution in [0.3, 0.4) is 0 Å². The van der Waals surface area contributed by atoms with Crippen LogP contribution in [0.2, 0.25) is 0 Å². The lowest BCUT2D eigenvalue weighted by Gasteiger charge is -2.37. The number of hydrogen-bond donors (Lipinski definition) is 3.